The predicted octanol–water partition coefficient (Wildman–Crippen LogP) is 3.18. The van der Waals surface area contributed by atoms with Gasteiger partial charge in [-0.15, -0.1) is 0 Å². The molecule has 0 aliphatic heterocycles. The molecule has 4 aromatic rings. The third-order valence-electron chi connectivity index (χ3n) is 4.50. The number of carbonyl (C=O) groups is 1. The second-order valence-corrected chi connectivity index (χ2v) is 6.78. The van der Waals surface area contributed by atoms with Gasteiger partial charge in [0.05, 0.1) is 6.26 Å². The van der Waals surface area contributed by atoms with E-state index in [2.05, 4.69) is 20.4 Å². The third kappa shape index (κ3) is 4.55. The number of furan rings is 1. The number of anilines is 1. The molecular formula is C22H21N5O4. The van der Waals surface area contributed by atoms with Gasteiger partial charge in [0.25, 0.3) is 11.5 Å². The molecule has 0 bridgehead atoms. The molecule has 1 atom stereocenters. The molecule has 3 aromatic heterocycles. The van der Waals surface area contributed by atoms with Gasteiger partial charge in [0.2, 0.25) is 5.95 Å². The Kier molecular flexibility index (Phi) is 5.65. The standard InChI is InChI=1S/C22H21N5O4/c1-3-15-12-20(28)25-22(23-15)27-19(13-17(26-27)18-10-7-11-30-18)24-21(29)14(2)31-16-8-5-4-6-9-16/h4-14H,3H2,1-2H3,(H,24,29)(H,23,25,28). The van der Waals surface area contributed by atoms with Crippen LogP contribution in [0.4, 0.5) is 5.82 Å². The first-order chi connectivity index (χ1) is 15.0. The lowest BCUT2D eigenvalue weighted by atomic mass is 10.3. The predicted molar refractivity (Wildman–Crippen MR) is 114 cm³/mol. The molecule has 9 heteroatoms. The highest BCUT2D eigenvalue weighted by Gasteiger charge is 2.21. The lowest BCUT2D eigenvalue weighted by molar-refractivity contribution is -0.122. The first-order valence-corrected chi connectivity index (χ1v) is 9.80. The van der Waals surface area contributed by atoms with Crippen LogP contribution in [0.25, 0.3) is 17.4 Å². The number of benzene rings is 1. The summed E-state index contributed by atoms with van der Waals surface area (Å²) in [5, 5.41) is 7.27. The molecule has 0 saturated carbocycles. The Morgan fingerprint density at radius 3 is 2.74 bits per heavy atom. The van der Waals surface area contributed by atoms with Crippen molar-refractivity contribution in [1.82, 2.24) is 19.7 Å². The smallest absolute Gasteiger partial charge is 0.266 e. The van der Waals surface area contributed by atoms with E-state index >= 15 is 0 Å². The molecule has 4 rings (SSSR count). The highest BCUT2D eigenvalue weighted by atomic mass is 16.5. The van der Waals surface area contributed by atoms with Crippen molar-refractivity contribution in [1.29, 1.82) is 0 Å². The van der Waals surface area contributed by atoms with Crippen LogP contribution in [0.15, 0.2) is 70.1 Å². The van der Waals surface area contributed by atoms with Gasteiger partial charge in [-0.05, 0) is 37.6 Å². The first-order valence-electron chi connectivity index (χ1n) is 9.80. The Bertz CT molecular complexity index is 1230. The van der Waals surface area contributed by atoms with Crippen molar-refractivity contribution in [2.75, 3.05) is 5.32 Å². The SMILES string of the molecule is CCc1cc(=O)[nH]c(-n2nc(-c3ccco3)cc2NC(=O)C(C)Oc2ccccc2)n1. The fraction of sp³-hybridized carbons (Fsp3) is 0.182. The van der Waals surface area contributed by atoms with Crippen LogP contribution in [0.2, 0.25) is 0 Å². The molecule has 0 aliphatic rings. The average molecular weight is 419 g/mol. The number of hydrogen-bond acceptors (Lipinski definition) is 6. The maximum atomic E-state index is 12.8. The first kappa shape index (κ1) is 20.1. The van der Waals surface area contributed by atoms with Gasteiger partial charge < -0.3 is 14.5 Å². The van der Waals surface area contributed by atoms with Crippen LogP contribution in [0.1, 0.15) is 19.5 Å². The topological polar surface area (TPSA) is 115 Å². The molecule has 1 unspecified atom stereocenters. The van der Waals surface area contributed by atoms with E-state index in [-0.39, 0.29) is 17.4 Å². The summed E-state index contributed by atoms with van der Waals surface area (Å²) in [6.45, 7) is 3.54. The lowest BCUT2D eigenvalue weighted by Gasteiger charge is -2.15. The maximum Gasteiger partial charge on any atom is 0.266 e. The molecule has 31 heavy (non-hydrogen) atoms. The largest absolute Gasteiger partial charge is 0.481 e. The van der Waals surface area contributed by atoms with Crippen molar-refractivity contribution in [2.45, 2.75) is 26.4 Å². The van der Waals surface area contributed by atoms with Gasteiger partial charge in [-0.2, -0.15) is 9.78 Å². The van der Waals surface area contributed by atoms with Gasteiger partial charge in [0.1, 0.15) is 17.3 Å². The molecule has 158 valence electrons. The Morgan fingerprint density at radius 1 is 1.23 bits per heavy atom. The van der Waals surface area contributed by atoms with Crippen molar-refractivity contribution in [3.05, 3.63) is 76.9 Å². The van der Waals surface area contributed by atoms with Gasteiger partial charge in [0.15, 0.2) is 11.9 Å². The fourth-order valence-corrected chi connectivity index (χ4v) is 2.94. The molecule has 0 saturated heterocycles. The zero-order valence-corrected chi connectivity index (χ0v) is 17.0. The van der Waals surface area contributed by atoms with E-state index < -0.39 is 6.10 Å². The van der Waals surface area contributed by atoms with E-state index in [0.717, 1.165) is 0 Å². The van der Waals surface area contributed by atoms with E-state index in [9.17, 15) is 9.59 Å². The number of nitrogens with zero attached hydrogens (tertiary/aromatic N) is 3. The quantitative estimate of drug-likeness (QED) is 0.475. The number of H-pyrrole nitrogens is 1. The maximum absolute atomic E-state index is 12.8. The molecule has 1 aromatic carbocycles. The summed E-state index contributed by atoms with van der Waals surface area (Å²) in [6.07, 6.45) is 1.33. The van der Waals surface area contributed by atoms with Gasteiger partial charge in [0, 0.05) is 17.8 Å². The Morgan fingerprint density at radius 2 is 2.03 bits per heavy atom. The van der Waals surface area contributed by atoms with E-state index in [4.69, 9.17) is 9.15 Å². The minimum absolute atomic E-state index is 0.189. The monoisotopic (exact) mass is 419 g/mol. The number of rotatable bonds is 7. The van der Waals surface area contributed by atoms with Crippen molar-refractivity contribution >= 4 is 11.7 Å². The van der Waals surface area contributed by atoms with Crippen LogP contribution < -0.4 is 15.6 Å². The summed E-state index contributed by atoms with van der Waals surface area (Å²) in [7, 11) is 0. The van der Waals surface area contributed by atoms with Gasteiger partial charge in [-0.25, -0.2) is 4.98 Å². The normalized spacial score (nSPS) is 11.8. The minimum Gasteiger partial charge on any atom is -0.481 e. The zero-order chi connectivity index (χ0) is 21.8. The fourth-order valence-electron chi connectivity index (χ4n) is 2.94. The minimum atomic E-state index is -0.771. The number of aromatic nitrogens is 4. The number of aryl methyl sites for hydroxylation is 1. The van der Waals surface area contributed by atoms with Crippen LogP contribution in [0.3, 0.4) is 0 Å². The Hall–Kier alpha value is -4.14. The highest BCUT2D eigenvalue weighted by molar-refractivity contribution is 5.94. The summed E-state index contributed by atoms with van der Waals surface area (Å²) in [4.78, 5) is 31.9. The number of nitrogens with one attached hydrogen (secondary N) is 2. The van der Waals surface area contributed by atoms with Crippen LogP contribution in [-0.2, 0) is 11.2 Å². The zero-order valence-electron chi connectivity index (χ0n) is 17.0. The molecule has 0 radical (unpaired) electrons. The number of ether oxygens (including phenoxy) is 1. The number of hydrogen-bond donors (Lipinski definition) is 2. The van der Waals surface area contributed by atoms with Gasteiger partial charge in [-0.1, -0.05) is 25.1 Å². The number of carbonyl (C=O) groups excluding carboxylic acids is 1. The third-order valence-corrected chi connectivity index (χ3v) is 4.50. The van der Waals surface area contributed by atoms with Gasteiger partial charge in [-0.3, -0.25) is 14.6 Å². The van der Waals surface area contributed by atoms with Gasteiger partial charge >= 0.3 is 0 Å². The summed E-state index contributed by atoms with van der Waals surface area (Å²) in [5.41, 5.74) is 0.767. The molecule has 0 aliphatic carbocycles. The van der Waals surface area contributed by atoms with Crippen molar-refractivity contribution in [3.8, 4) is 23.2 Å². The van der Waals surface area contributed by atoms with Crippen molar-refractivity contribution in [2.24, 2.45) is 0 Å². The van der Waals surface area contributed by atoms with E-state index in [0.29, 0.717) is 35.1 Å². The summed E-state index contributed by atoms with van der Waals surface area (Å²) in [6, 6.07) is 15.6. The summed E-state index contributed by atoms with van der Waals surface area (Å²) < 4.78 is 12.5. The Labute approximate surface area is 177 Å². The van der Waals surface area contributed by atoms with Crippen molar-refractivity contribution < 1.29 is 13.9 Å². The number of para-hydroxylation sites is 1. The molecular weight excluding hydrogens is 398 g/mol. The van der Waals surface area contributed by atoms with E-state index in [1.807, 2.05) is 25.1 Å². The molecule has 2 N–H and O–H groups in total. The molecule has 0 fully saturated rings. The second-order valence-electron chi connectivity index (χ2n) is 6.78. The molecule has 0 spiro atoms. The van der Waals surface area contributed by atoms with E-state index in [1.54, 1.807) is 37.3 Å². The lowest BCUT2D eigenvalue weighted by Crippen LogP contribution is -2.31. The molecule has 3 heterocycles. The summed E-state index contributed by atoms with van der Waals surface area (Å²) in [5.74, 6) is 1.21. The van der Waals surface area contributed by atoms with Crippen molar-refractivity contribution in [3.63, 3.8) is 0 Å². The van der Waals surface area contributed by atoms with E-state index in [1.165, 1.54) is 17.0 Å². The van der Waals surface area contributed by atoms with Crippen LogP contribution >= 0.6 is 0 Å². The van der Waals surface area contributed by atoms with Crippen LogP contribution in [0.5, 0.6) is 5.75 Å². The summed E-state index contributed by atoms with van der Waals surface area (Å²) >= 11 is 0. The average Bonchev–Trinajstić information content (AvgIpc) is 3.44. The number of amides is 1. The Balaban J connectivity index is 1.67. The molecule has 9 nitrogen and oxygen atoms in total. The second kappa shape index (κ2) is 8.70. The van der Waals surface area contributed by atoms with Crippen LogP contribution in [0, 0.1) is 0 Å². The molecule has 1 amide bonds. The highest BCUT2D eigenvalue weighted by Crippen LogP contribution is 2.24. The number of aromatic amines is 1. The van der Waals surface area contributed by atoms with Crippen LogP contribution in [-0.4, -0.2) is 31.8 Å².